The van der Waals surface area contributed by atoms with Gasteiger partial charge in [0.05, 0.1) is 6.61 Å². The number of hydrogen-bond donors (Lipinski definition) is 1. The fourth-order valence-electron chi connectivity index (χ4n) is 2.85. The third-order valence-electron chi connectivity index (χ3n) is 3.68. The number of para-hydroxylation sites is 1. The van der Waals surface area contributed by atoms with E-state index >= 15 is 0 Å². The Hall–Kier alpha value is -1.51. The Balaban J connectivity index is 2.12. The van der Waals surface area contributed by atoms with Crippen molar-refractivity contribution in [3.63, 3.8) is 0 Å². The van der Waals surface area contributed by atoms with Crippen LogP contribution in [0, 0.1) is 0 Å². The molecule has 2 aromatic carbocycles. The Labute approximate surface area is 118 Å². The van der Waals surface area contributed by atoms with Gasteiger partial charge in [-0.25, -0.2) is 0 Å². The van der Waals surface area contributed by atoms with Gasteiger partial charge in [-0.3, -0.25) is 0 Å². The fourth-order valence-corrected chi connectivity index (χ4v) is 3.04. The van der Waals surface area contributed by atoms with Gasteiger partial charge < -0.3 is 10.0 Å². The average Bonchev–Trinajstić information content (AvgIpc) is 2.74. The highest BCUT2D eigenvalue weighted by Gasteiger charge is 2.28. The number of aliphatic hydroxyl groups is 1. The maximum Gasteiger partial charge on any atom is 0.0702 e. The van der Waals surface area contributed by atoms with E-state index in [0.717, 1.165) is 17.7 Å². The van der Waals surface area contributed by atoms with Crippen LogP contribution in [0.15, 0.2) is 42.5 Å². The normalized spacial score (nSPS) is 17.6. The van der Waals surface area contributed by atoms with Crippen molar-refractivity contribution in [1.82, 2.24) is 0 Å². The van der Waals surface area contributed by atoms with Gasteiger partial charge >= 0.3 is 0 Å². The third kappa shape index (κ3) is 2.11. The fraction of sp³-hybridized carbons (Fsp3) is 0.250. The quantitative estimate of drug-likeness (QED) is 0.897. The molecule has 0 saturated heterocycles. The molecule has 0 amide bonds. The second kappa shape index (κ2) is 4.87. The number of nitrogens with zero attached hydrogens (tertiary/aromatic N) is 1. The number of benzene rings is 2. The van der Waals surface area contributed by atoms with E-state index in [1.807, 2.05) is 18.2 Å². The number of fused-ring (bicyclic) bond motifs is 1. The molecular weight excluding hydrogens is 258 g/mol. The van der Waals surface area contributed by atoms with Gasteiger partial charge in [0.1, 0.15) is 0 Å². The number of halogens is 1. The molecule has 1 atom stereocenters. The van der Waals surface area contributed by atoms with E-state index in [9.17, 15) is 5.11 Å². The summed E-state index contributed by atoms with van der Waals surface area (Å²) < 4.78 is 0. The lowest BCUT2D eigenvalue weighted by atomic mass is 10.1. The summed E-state index contributed by atoms with van der Waals surface area (Å²) in [5, 5.41) is 10.2. The number of rotatable bonds is 2. The van der Waals surface area contributed by atoms with Crippen molar-refractivity contribution >= 4 is 23.0 Å². The van der Waals surface area contributed by atoms with Crippen LogP contribution in [0.2, 0.25) is 5.02 Å². The topological polar surface area (TPSA) is 23.5 Å². The predicted octanol–water partition coefficient (Wildman–Crippen LogP) is 3.92. The lowest BCUT2D eigenvalue weighted by molar-refractivity contribution is 0.282. The Morgan fingerprint density at radius 1 is 1.21 bits per heavy atom. The largest absolute Gasteiger partial charge is 0.392 e. The molecule has 0 spiro atoms. The molecule has 0 aromatic heterocycles. The van der Waals surface area contributed by atoms with Gasteiger partial charge in [-0.2, -0.15) is 0 Å². The van der Waals surface area contributed by atoms with Crippen LogP contribution in [0.3, 0.4) is 0 Å². The lowest BCUT2D eigenvalue weighted by Crippen LogP contribution is -2.25. The van der Waals surface area contributed by atoms with Gasteiger partial charge in [0.25, 0.3) is 0 Å². The number of hydrogen-bond acceptors (Lipinski definition) is 2. The second-order valence-corrected chi connectivity index (χ2v) is 5.42. The lowest BCUT2D eigenvalue weighted by Gasteiger charge is -2.27. The zero-order valence-corrected chi connectivity index (χ0v) is 11.6. The zero-order valence-electron chi connectivity index (χ0n) is 10.8. The molecule has 3 heteroatoms. The molecule has 0 bridgehead atoms. The molecule has 2 aromatic rings. The average molecular weight is 274 g/mol. The molecule has 1 N–H and O–H groups in total. The van der Waals surface area contributed by atoms with Crippen molar-refractivity contribution in [2.24, 2.45) is 0 Å². The first-order chi connectivity index (χ1) is 9.20. The summed E-state index contributed by atoms with van der Waals surface area (Å²) in [5.74, 6) is 0. The molecule has 1 unspecified atom stereocenters. The second-order valence-electron chi connectivity index (χ2n) is 4.98. The maximum absolute atomic E-state index is 9.55. The molecule has 0 aliphatic carbocycles. The van der Waals surface area contributed by atoms with Crippen LogP contribution in [-0.4, -0.2) is 11.1 Å². The Morgan fingerprint density at radius 3 is 2.79 bits per heavy atom. The van der Waals surface area contributed by atoms with Crippen LogP contribution < -0.4 is 4.90 Å². The van der Waals surface area contributed by atoms with Crippen LogP contribution >= 0.6 is 11.6 Å². The van der Waals surface area contributed by atoms with E-state index in [4.69, 9.17) is 11.6 Å². The minimum atomic E-state index is 0.00127. The van der Waals surface area contributed by atoms with Gasteiger partial charge in [0.2, 0.25) is 0 Å². The Kier molecular flexibility index (Phi) is 3.21. The highest BCUT2D eigenvalue weighted by Crippen LogP contribution is 2.40. The molecule has 19 heavy (non-hydrogen) atoms. The van der Waals surface area contributed by atoms with E-state index in [2.05, 4.69) is 36.1 Å². The molecule has 0 saturated carbocycles. The van der Waals surface area contributed by atoms with Crippen molar-refractivity contribution in [1.29, 1.82) is 0 Å². The van der Waals surface area contributed by atoms with Crippen molar-refractivity contribution in [2.75, 3.05) is 4.90 Å². The number of anilines is 2. The van der Waals surface area contributed by atoms with Crippen molar-refractivity contribution in [3.8, 4) is 0 Å². The Bertz CT molecular complexity index is 611. The molecule has 1 heterocycles. The first-order valence-electron chi connectivity index (χ1n) is 6.47. The van der Waals surface area contributed by atoms with E-state index in [1.54, 1.807) is 0 Å². The molecule has 0 radical (unpaired) electrons. The van der Waals surface area contributed by atoms with Crippen LogP contribution in [0.25, 0.3) is 0 Å². The van der Waals surface area contributed by atoms with Gasteiger partial charge in [0.15, 0.2) is 0 Å². The first kappa shape index (κ1) is 12.5. The summed E-state index contributed by atoms with van der Waals surface area (Å²) >= 11 is 6.01. The summed E-state index contributed by atoms with van der Waals surface area (Å²) in [6.45, 7) is 2.21. The summed E-state index contributed by atoms with van der Waals surface area (Å²) in [7, 11) is 0. The molecule has 2 nitrogen and oxygen atoms in total. The Morgan fingerprint density at radius 2 is 2.00 bits per heavy atom. The maximum atomic E-state index is 9.55. The highest BCUT2D eigenvalue weighted by molar-refractivity contribution is 6.30. The van der Waals surface area contributed by atoms with Gasteiger partial charge in [-0.05, 0) is 43.2 Å². The van der Waals surface area contributed by atoms with Crippen LogP contribution in [-0.2, 0) is 13.0 Å². The first-order valence-corrected chi connectivity index (χ1v) is 6.85. The molecule has 1 aliphatic rings. The summed E-state index contributed by atoms with van der Waals surface area (Å²) in [5.41, 5.74) is 4.50. The smallest absolute Gasteiger partial charge is 0.0702 e. The highest BCUT2D eigenvalue weighted by atomic mass is 35.5. The van der Waals surface area contributed by atoms with Gasteiger partial charge in [-0.1, -0.05) is 29.8 Å². The van der Waals surface area contributed by atoms with E-state index in [-0.39, 0.29) is 6.61 Å². The summed E-state index contributed by atoms with van der Waals surface area (Å²) in [6.07, 6.45) is 1.03. The summed E-state index contributed by atoms with van der Waals surface area (Å²) in [4.78, 5) is 2.29. The standard InChI is InChI=1S/C16H16ClNO/c1-11-8-12-4-2-3-5-15(12)18(11)16-7-6-14(17)9-13(16)10-19/h2-7,9,11,19H,8,10H2,1H3. The molecule has 0 fully saturated rings. The van der Waals surface area contributed by atoms with Gasteiger partial charge in [0, 0.05) is 28.0 Å². The van der Waals surface area contributed by atoms with Crippen molar-refractivity contribution < 1.29 is 5.11 Å². The minimum absolute atomic E-state index is 0.00127. The van der Waals surface area contributed by atoms with Crippen LogP contribution in [0.4, 0.5) is 11.4 Å². The van der Waals surface area contributed by atoms with Crippen LogP contribution in [0.5, 0.6) is 0 Å². The molecule has 3 rings (SSSR count). The molecular formula is C16H16ClNO. The molecule has 98 valence electrons. The van der Waals surface area contributed by atoms with E-state index in [0.29, 0.717) is 11.1 Å². The molecule has 1 aliphatic heterocycles. The predicted molar refractivity (Wildman–Crippen MR) is 79.1 cm³/mol. The monoisotopic (exact) mass is 273 g/mol. The summed E-state index contributed by atoms with van der Waals surface area (Å²) in [6, 6.07) is 14.5. The van der Waals surface area contributed by atoms with E-state index < -0.39 is 0 Å². The van der Waals surface area contributed by atoms with Crippen molar-refractivity contribution in [2.45, 2.75) is 26.0 Å². The minimum Gasteiger partial charge on any atom is -0.392 e. The third-order valence-corrected chi connectivity index (χ3v) is 3.91. The van der Waals surface area contributed by atoms with Crippen LogP contribution in [0.1, 0.15) is 18.1 Å². The number of aliphatic hydroxyl groups excluding tert-OH is 1. The van der Waals surface area contributed by atoms with Crippen molar-refractivity contribution in [3.05, 3.63) is 58.6 Å². The zero-order chi connectivity index (χ0) is 13.4. The SMILES string of the molecule is CC1Cc2ccccc2N1c1ccc(Cl)cc1CO. The van der Waals surface area contributed by atoms with Gasteiger partial charge in [-0.15, -0.1) is 0 Å². The van der Waals surface area contributed by atoms with E-state index in [1.165, 1.54) is 11.3 Å².